The molecule has 1 fully saturated rings. The Bertz CT molecular complexity index is 1280. The van der Waals surface area contributed by atoms with E-state index in [1.165, 1.54) is 0 Å². The molecule has 35 heavy (non-hydrogen) atoms. The van der Waals surface area contributed by atoms with E-state index in [9.17, 15) is 4.79 Å². The fourth-order valence-electron chi connectivity index (χ4n) is 4.40. The number of carbonyl (C=O) groups is 1. The zero-order chi connectivity index (χ0) is 24.2. The third-order valence-electron chi connectivity index (χ3n) is 6.31. The summed E-state index contributed by atoms with van der Waals surface area (Å²) in [7, 11) is 0. The van der Waals surface area contributed by atoms with Crippen molar-refractivity contribution in [3.05, 3.63) is 82.7 Å². The van der Waals surface area contributed by atoms with Crippen LogP contribution in [0, 0.1) is 12.8 Å². The monoisotopic (exact) mass is 534 g/mol. The molecule has 1 atom stereocenters. The zero-order valence-corrected chi connectivity index (χ0v) is 21.1. The number of hydrogen-bond acceptors (Lipinski definition) is 6. The van der Waals surface area contributed by atoms with Crippen molar-refractivity contribution in [1.82, 2.24) is 29.9 Å². The summed E-state index contributed by atoms with van der Waals surface area (Å²) < 4.78 is 8.51. The standard InChI is InChI=1S/C26H27BrN6O2/c1-18-28-12-14-33(18)23-10-4-19(5-11-23)15-29-26(34)21-3-2-13-32(16-21)17-24-30-25(31-35-24)20-6-8-22(27)9-7-20/h4-12,14,21H,2-3,13,15-17H2,1H3,(H,29,34). The SMILES string of the molecule is Cc1nccn1-c1ccc(CNC(=O)C2CCCN(Cc3nc(-c4ccc(Br)cc4)no3)C2)cc1. The van der Waals surface area contributed by atoms with Gasteiger partial charge < -0.3 is 14.4 Å². The fourth-order valence-corrected chi connectivity index (χ4v) is 4.66. The molecule has 1 amide bonds. The molecule has 0 aliphatic carbocycles. The molecule has 9 heteroatoms. The van der Waals surface area contributed by atoms with Crippen LogP contribution in [0.2, 0.25) is 0 Å². The quantitative estimate of drug-likeness (QED) is 0.375. The van der Waals surface area contributed by atoms with E-state index in [1.807, 2.05) is 66.2 Å². The Kier molecular flexibility index (Phi) is 7.06. The summed E-state index contributed by atoms with van der Waals surface area (Å²) >= 11 is 3.44. The average molecular weight is 535 g/mol. The van der Waals surface area contributed by atoms with Crippen LogP contribution in [0.3, 0.4) is 0 Å². The Morgan fingerprint density at radius 1 is 1.17 bits per heavy atom. The number of amides is 1. The molecule has 3 heterocycles. The first-order valence-electron chi connectivity index (χ1n) is 11.7. The summed E-state index contributed by atoms with van der Waals surface area (Å²) in [5.41, 5.74) is 3.04. The summed E-state index contributed by atoms with van der Waals surface area (Å²) in [6.45, 7) is 4.62. The first-order chi connectivity index (χ1) is 17.0. The summed E-state index contributed by atoms with van der Waals surface area (Å²) in [6, 6.07) is 16.0. The first-order valence-corrected chi connectivity index (χ1v) is 12.5. The topological polar surface area (TPSA) is 89.1 Å². The van der Waals surface area contributed by atoms with Crippen LogP contribution >= 0.6 is 15.9 Å². The predicted octanol–water partition coefficient (Wildman–Crippen LogP) is 4.52. The summed E-state index contributed by atoms with van der Waals surface area (Å²) in [6.07, 6.45) is 5.58. The minimum Gasteiger partial charge on any atom is -0.352 e. The summed E-state index contributed by atoms with van der Waals surface area (Å²) in [5, 5.41) is 7.22. The van der Waals surface area contributed by atoms with Crippen LogP contribution in [0.4, 0.5) is 0 Å². The van der Waals surface area contributed by atoms with Crippen molar-refractivity contribution in [2.45, 2.75) is 32.9 Å². The number of piperidine rings is 1. The van der Waals surface area contributed by atoms with Crippen molar-refractivity contribution in [2.75, 3.05) is 13.1 Å². The second-order valence-electron chi connectivity index (χ2n) is 8.82. The lowest BCUT2D eigenvalue weighted by Crippen LogP contribution is -2.42. The molecule has 1 saturated heterocycles. The van der Waals surface area contributed by atoms with Crippen molar-refractivity contribution in [3.8, 4) is 17.1 Å². The Morgan fingerprint density at radius 2 is 1.97 bits per heavy atom. The third-order valence-corrected chi connectivity index (χ3v) is 6.84. The van der Waals surface area contributed by atoms with Crippen LogP contribution in [0.25, 0.3) is 17.1 Å². The van der Waals surface area contributed by atoms with Crippen LogP contribution in [-0.2, 0) is 17.9 Å². The van der Waals surface area contributed by atoms with E-state index >= 15 is 0 Å². The van der Waals surface area contributed by atoms with Crippen molar-refractivity contribution < 1.29 is 9.32 Å². The van der Waals surface area contributed by atoms with Gasteiger partial charge in [0, 0.05) is 41.2 Å². The highest BCUT2D eigenvalue weighted by molar-refractivity contribution is 9.10. The van der Waals surface area contributed by atoms with Crippen LogP contribution < -0.4 is 5.32 Å². The Hall–Kier alpha value is -3.30. The Labute approximate surface area is 212 Å². The zero-order valence-electron chi connectivity index (χ0n) is 19.5. The lowest BCUT2D eigenvalue weighted by atomic mass is 9.97. The number of benzene rings is 2. The van der Waals surface area contributed by atoms with Gasteiger partial charge in [0.15, 0.2) is 0 Å². The minimum absolute atomic E-state index is 0.0505. The van der Waals surface area contributed by atoms with Gasteiger partial charge in [0.1, 0.15) is 5.82 Å². The van der Waals surface area contributed by atoms with E-state index < -0.39 is 0 Å². The number of aromatic nitrogens is 4. The van der Waals surface area contributed by atoms with E-state index in [2.05, 4.69) is 41.3 Å². The maximum Gasteiger partial charge on any atom is 0.241 e. The summed E-state index contributed by atoms with van der Waals surface area (Å²) in [5.74, 6) is 2.12. The molecule has 0 bridgehead atoms. The minimum atomic E-state index is -0.0505. The van der Waals surface area contributed by atoms with Gasteiger partial charge in [-0.1, -0.05) is 33.2 Å². The molecular formula is C26H27BrN6O2. The van der Waals surface area contributed by atoms with E-state index in [0.29, 0.717) is 31.3 Å². The maximum atomic E-state index is 12.9. The molecule has 1 N–H and O–H groups in total. The largest absolute Gasteiger partial charge is 0.352 e. The molecule has 5 rings (SSSR count). The van der Waals surface area contributed by atoms with Crippen LogP contribution in [0.15, 0.2) is 69.9 Å². The third kappa shape index (κ3) is 5.68. The molecule has 1 aliphatic rings. The molecule has 0 spiro atoms. The lowest BCUT2D eigenvalue weighted by Gasteiger charge is -2.30. The number of imidazole rings is 1. The van der Waals surface area contributed by atoms with Gasteiger partial charge >= 0.3 is 0 Å². The lowest BCUT2D eigenvalue weighted by molar-refractivity contribution is -0.127. The van der Waals surface area contributed by atoms with E-state index in [-0.39, 0.29) is 11.8 Å². The van der Waals surface area contributed by atoms with Crippen LogP contribution in [0.5, 0.6) is 0 Å². The molecule has 2 aromatic heterocycles. The number of likely N-dealkylation sites (tertiary alicyclic amines) is 1. The van der Waals surface area contributed by atoms with Gasteiger partial charge in [0.2, 0.25) is 17.6 Å². The Morgan fingerprint density at radius 3 is 2.71 bits per heavy atom. The Balaban J connectivity index is 1.13. The molecule has 0 radical (unpaired) electrons. The molecule has 1 unspecified atom stereocenters. The van der Waals surface area contributed by atoms with Gasteiger partial charge in [-0.2, -0.15) is 4.98 Å². The molecular weight excluding hydrogens is 508 g/mol. The van der Waals surface area contributed by atoms with E-state index in [4.69, 9.17) is 4.52 Å². The highest BCUT2D eigenvalue weighted by atomic mass is 79.9. The molecule has 8 nitrogen and oxygen atoms in total. The van der Waals surface area contributed by atoms with Gasteiger partial charge in [-0.05, 0) is 68.3 Å². The van der Waals surface area contributed by atoms with E-state index in [1.54, 1.807) is 6.20 Å². The van der Waals surface area contributed by atoms with Gasteiger partial charge in [0.05, 0.1) is 12.5 Å². The molecule has 180 valence electrons. The highest BCUT2D eigenvalue weighted by Crippen LogP contribution is 2.22. The normalized spacial score (nSPS) is 16.3. The van der Waals surface area contributed by atoms with Gasteiger partial charge in [-0.3, -0.25) is 9.69 Å². The number of rotatable bonds is 7. The van der Waals surface area contributed by atoms with E-state index in [0.717, 1.165) is 46.5 Å². The number of halogens is 1. The second kappa shape index (κ2) is 10.5. The van der Waals surface area contributed by atoms with Gasteiger partial charge in [0.25, 0.3) is 0 Å². The van der Waals surface area contributed by atoms with Gasteiger partial charge in [-0.15, -0.1) is 0 Å². The molecule has 0 saturated carbocycles. The maximum absolute atomic E-state index is 12.9. The number of hydrogen-bond donors (Lipinski definition) is 1. The molecule has 2 aromatic carbocycles. The number of aryl methyl sites for hydroxylation is 1. The van der Waals surface area contributed by atoms with Crippen molar-refractivity contribution in [3.63, 3.8) is 0 Å². The van der Waals surface area contributed by atoms with Crippen molar-refractivity contribution in [2.24, 2.45) is 5.92 Å². The van der Waals surface area contributed by atoms with Gasteiger partial charge in [-0.25, -0.2) is 4.98 Å². The number of carbonyl (C=O) groups excluding carboxylic acids is 1. The average Bonchev–Trinajstić information content (AvgIpc) is 3.52. The second-order valence-corrected chi connectivity index (χ2v) is 9.74. The van der Waals surface area contributed by atoms with Crippen molar-refractivity contribution >= 4 is 21.8 Å². The first kappa shape index (κ1) is 23.4. The molecule has 1 aliphatic heterocycles. The highest BCUT2D eigenvalue weighted by Gasteiger charge is 2.26. The number of nitrogens with one attached hydrogen (secondary N) is 1. The summed E-state index contributed by atoms with van der Waals surface area (Å²) in [4.78, 5) is 23.9. The molecule has 4 aromatic rings. The smallest absolute Gasteiger partial charge is 0.241 e. The van der Waals surface area contributed by atoms with Crippen molar-refractivity contribution in [1.29, 1.82) is 0 Å². The fraction of sp³-hybridized carbons (Fsp3) is 0.308. The van der Waals surface area contributed by atoms with Crippen LogP contribution in [0.1, 0.15) is 30.1 Å². The predicted molar refractivity (Wildman–Crippen MR) is 136 cm³/mol. The number of nitrogens with zero attached hydrogens (tertiary/aromatic N) is 5. The van der Waals surface area contributed by atoms with Crippen LogP contribution in [-0.4, -0.2) is 43.6 Å².